The summed E-state index contributed by atoms with van der Waals surface area (Å²) in [7, 11) is 0. The van der Waals surface area contributed by atoms with Gasteiger partial charge in [-0.1, -0.05) is 13.8 Å². The highest BCUT2D eigenvalue weighted by Gasteiger charge is 2.33. The van der Waals surface area contributed by atoms with E-state index in [1.807, 2.05) is 31.2 Å². The maximum Gasteiger partial charge on any atom is 0.252 e. The molecule has 2 aliphatic rings. The number of H-pyrrole nitrogens is 2. The first-order valence-electron chi connectivity index (χ1n) is 11.5. The summed E-state index contributed by atoms with van der Waals surface area (Å²) in [6.45, 7) is 5.77. The molecule has 0 radical (unpaired) electrons. The molecule has 3 heterocycles. The molecule has 0 saturated carbocycles. The number of benzene rings is 2. The molecule has 0 atom stereocenters. The summed E-state index contributed by atoms with van der Waals surface area (Å²) in [6.07, 6.45) is 3.94. The molecule has 2 aromatic heterocycles. The first kappa shape index (κ1) is 19.9. The lowest BCUT2D eigenvalue weighted by atomic mass is 9.93. The second kappa shape index (κ2) is 7.40. The van der Waals surface area contributed by atoms with E-state index < -0.39 is 0 Å². The second-order valence-corrected chi connectivity index (χ2v) is 8.69. The summed E-state index contributed by atoms with van der Waals surface area (Å²) in [6, 6.07) is 5.99. The predicted octanol–water partition coefficient (Wildman–Crippen LogP) is 5.19. The number of aromatic nitrogens is 2. The van der Waals surface area contributed by atoms with Gasteiger partial charge in [0.25, 0.3) is 5.91 Å². The number of ether oxygens (including phenoxy) is 2. The Hall–Kier alpha value is -3.74. The SMILES string of the molecule is CCCOC1=Cc2c([nH]c3c2c2c(c4c5cc(OCCC)ccc5[nH]c34)CNC2=O)C(=O)C1. The quantitative estimate of drug-likeness (QED) is 0.382. The fourth-order valence-corrected chi connectivity index (χ4v) is 5.05. The van der Waals surface area contributed by atoms with Gasteiger partial charge < -0.3 is 24.8 Å². The normalized spacial score (nSPS) is 15.2. The molecular weight excluding hydrogens is 418 g/mol. The number of hydrogen-bond acceptors (Lipinski definition) is 4. The molecule has 7 heteroatoms. The van der Waals surface area contributed by atoms with Crippen LogP contribution in [0.25, 0.3) is 38.8 Å². The Morgan fingerprint density at radius 3 is 2.58 bits per heavy atom. The van der Waals surface area contributed by atoms with Crippen molar-refractivity contribution in [3.8, 4) is 5.75 Å². The molecule has 2 aromatic carbocycles. The van der Waals surface area contributed by atoms with Crippen molar-refractivity contribution >= 4 is 50.5 Å². The summed E-state index contributed by atoms with van der Waals surface area (Å²) in [4.78, 5) is 32.9. The average molecular weight is 444 g/mol. The average Bonchev–Trinajstić information content (AvgIpc) is 3.49. The highest BCUT2D eigenvalue weighted by atomic mass is 16.5. The minimum atomic E-state index is -0.117. The number of Topliss-reactive ketones (excluding diaryl/α,β-unsaturated/α-hetero) is 1. The summed E-state index contributed by atoms with van der Waals surface area (Å²) < 4.78 is 11.7. The van der Waals surface area contributed by atoms with Gasteiger partial charge in [-0.15, -0.1) is 0 Å². The van der Waals surface area contributed by atoms with Gasteiger partial charge >= 0.3 is 0 Å². The van der Waals surface area contributed by atoms with Gasteiger partial charge in [0.05, 0.1) is 41.9 Å². The largest absolute Gasteiger partial charge is 0.497 e. The van der Waals surface area contributed by atoms with Crippen molar-refractivity contribution in [3.63, 3.8) is 0 Å². The highest BCUT2D eigenvalue weighted by Crippen LogP contribution is 2.43. The number of carbonyl (C=O) groups excluding carboxylic acids is 2. The van der Waals surface area contributed by atoms with Crippen LogP contribution in [-0.2, 0) is 11.3 Å². The zero-order chi connectivity index (χ0) is 22.7. The molecule has 1 aliphatic heterocycles. The molecular formula is C26H25N3O4. The van der Waals surface area contributed by atoms with Gasteiger partial charge in [-0.2, -0.15) is 0 Å². The molecule has 0 fully saturated rings. The van der Waals surface area contributed by atoms with Gasteiger partial charge in [0.1, 0.15) is 11.5 Å². The van der Waals surface area contributed by atoms with Crippen molar-refractivity contribution in [2.24, 2.45) is 0 Å². The molecule has 4 aromatic rings. The number of carbonyl (C=O) groups is 2. The molecule has 7 nitrogen and oxygen atoms in total. The van der Waals surface area contributed by atoms with E-state index in [1.165, 1.54) is 0 Å². The summed E-state index contributed by atoms with van der Waals surface area (Å²) in [5.74, 6) is 1.31. The van der Waals surface area contributed by atoms with Gasteiger partial charge in [-0.05, 0) is 42.7 Å². The lowest BCUT2D eigenvalue weighted by Gasteiger charge is -2.14. The molecule has 1 amide bonds. The number of aromatic amines is 2. The Kier molecular flexibility index (Phi) is 4.47. The van der Waals surface area contributed by atoms with Gasteiger partial charge in [-0.25, -0.2) is 0 Å². The number of allylic oxidation sites excluding steroid dienone is 1. The van der Waals surface area contributed by atoms with Gasteiger partial charge in [0.2, 0.25) is 0 Å². The molecule has 0 bridgehead atoms. The monoisotopic (exact) mass is 443 g/mol. The Labute approximate surface area is 190 Å². The molecule has 0 unspecified atom stereocenters. The van der Waals surface area contributed by atoms with Crippen molar-refractivity contribution in [2.75, 3.05) is 13.2 Å². The van der Waals surface area contributed by atoms with Crippen molar-refractivity contribution in [1.82, 2.24) is 15.3 Å². The van der Waals surface area contributed by atoms with Crippen molar-refractivity contribution in [2.45, 2.75) is 39.7 Å². The highest BCUT2D eigenvalue weighted by molar-refractivity contribution is 6.28. The third-order valence-electron chi connectivity index (χ3n) is 6.45. The smallest absolute Gasteiger partial charge is 0.252 e. The number of rotatable bonds is 6. The minimum absolute atomic E-state index is 0.0264. The number of amides is 1. The molecule has 6 rings (SSSR count). The van der Waals surface area contributed by atoms with Crippen LogP contribution in [0.4, 0.5) is 0 Å². The standard InChI is InChI=1S/C26H25N3O4/c1-3-7-32-13-5-6-18-15(9-13)20-17-12-27-26(31)22(17)21-16-10-14(33-8-4-2)11-19(30)23(16)29-25(21)24(20)28-18/h5-6,9-10,28-29H,3-4,7-8,11-12H2,1-2H3,(H,27,31). The zero-order valence-electron chi connectivity index (χ0n) is 18.7. The summed E-state index contributed by atoms with van der Waals surface area (Å²) >= 11 is 0. The van der Waals surface area contributed by atoms with E-state index in [2.05, 4.69) is 22.2 Å². The van der Waals surface area contributed by atoms with Crippen LogP contribution >= 0.6 is 0 Å². The number of nitrogens with one attached hydrogen (secondary N) is 3. The summed E-state index contributed by atoms with van der Waals surface area (Å²) in [5, 5.41) is 5.77. The molecule has 3 N–H and O–H groups in total. The number of ketones is 1. The van der Waals surface area contributed by atoms with Gasteiger partial charge in [-0.3, -0.25) is 9.59 Å². The van der Waals surface area contributed by atoms with Crippen molar-refractivity contribution < 1.29 is 19.1 Å². The fourth-order valence-electron chi connectivity index (χ4n) is 5.05. The second-order valence-electron chi connectivity index (χ2n) is 8.69. The Bertz CT molecular complexity index is 1510. The minimum Gasteiger partial charge on any atom is -0.497 e. The van der Waals surface area contributed by atoms with Crippen LogP contribution in [0.15, 0.2) is 24.0 Å². The van der Waals surface area contributed by atoms with Gasteiger partial charge in [0.15, 0.2) is 5.78 Å². The van der Waals surface area contributed by atoms with Crippen molar-refractivity contribution in [3.05, 3.63) is 46.3 Å². The van der Waals surface area contributed by atoms with E-state index >= 15 is 0 Å². The van der Waals surface area contributed by atoms with Crippen LogP contribution in [0.3, 0.4) is 0 Å². The summed E-state index contributed by atoms with van der Waals surface area (Å²) in [5.41, 5.74) is 5.50. The first-order chi connectivity index (χ1) is 16.1. The lowest BCUT2D eigenvalue weighted by molar-refractivity contribution is 0.0949. The van der Waals surface area contributed by atoms with Crippen LogP contribution in [-0.4, -0.2) is 34.9 Å². The third kappa shape index (κ3) is 2.88. The predicted molar refractivity (Wildman–Crippen MR) is 128 cm³/mol. The van der Waals surface area contributed by atoms with E-state index in [1.54, 1.807) is 0 Å². The zero-order valence-corrected chi connectivity index (χ0v) is 18.7. The third-order valence-corrected chi connectivity index (χ3v) is 6.45. The molecule has 1 aliphatic carbocycles. The van der Waals surface area contributed by atoms with Crippen LogP contribution < -0.4 is 10.1 Å². The number of hydrogen-bond donors (Lipinski definition) is 3. The Balaban J connectivity index is 1.67. The fraction of sp³-hybridized carbons (Fsp3) is 0.308. The van der Waals surface area contributed by atoms with Crippen LogP contribution in [0.2, 0.25) is 0 Å². The van der Waals surface area contributed by atoms with E-state index in [0.29, 0.717) is 36.8 Å². The maximum absolute atomic E-state index is 13.0. The first-order valence-corrected chi connectivity index (χ1v) is 11.5. The number of fused-ring (bicyclic) bond motifs is 10. The Morgan fingerprint density at radius 2 is 1.76 bits per heavy atom. The van der Waals surface area contributed by atoms with Crippen molar-refractivity contribution in [1.29, 1.82) is 0 Å². The van der Waals surface area contributed by atoms with Crippen LogP contribution in [0.5, 0.6) is 5.75 Å². The molecule has 168 valence electrons. The Morgan fingerprint density at radius 1 is 0.970 bits per heavy atom. The van der Waals surface area contributed by atoms with E-state index in [0.717, 1.165) is 62.4 Å². The molecule has 33 heavy (non-hydrogen) atoms. The van der Waals surface area contributed by atoms with E-state index in [9.17, 15) is 9.59 Å². The lowest BCUT2D eigenvalue weighted by Crippen LogP contribution is -2.13. The van der Waals surface area contributed by atoms with E-state index in [-0.39, 0.29) is 18.1 Å². The van der Waals surface area contributed by atoms with E-state index in [4.69, 9.17) is 9.47 Å². The maximum atomic E-state index is 13.0. The molecule has 0 saturated heterocycles. The van der Waals surface area contributed by atoms with Crippen LogP contribution in [0, 0.1) is 0 Å². The van der Waals surface area contributed by atoms with Crippen LogP contribution in [0.1, 0.15) is 65.1 Å². The topological polar surface area (TPSA) is 96.2 Å². The van der Waals surface area contributed by atoms with Gasteiger partial charge in [0, 0.05) is 33.8 Å². The molecule has 0 spiro atoms.